The number of unbranched alkanes of at least 4 members (excludes halogenated alkanes) is 1. The van der Waals surface area contributed by atoms with Gasteiger partial charge in [-0.15, -0.1) is 0 Å². The molecule has 0 aromatic heterocycles. The fourth-order valence-electron chi connectivity index (χ4n) is 2.84. The topological polar surface area (TPSA) is 75.6 Å². The van der Waals surface area contributed by atoms with Gasteiger partial charge in [0, 0.05) is 26.7 Å². The first-order valence-corrected chi connectivity index (χ1v) is 7.60. The number of hydrogen-bond acceptors (Lipinski definition) is 3. The molecule has 2 N–H and O–H groups in total. The molecule has 0 heterocycles. The van der Waals surface area contributed by atoms with Crippen molar-refractivity contribution in [3.05, 3.63) is 0 Å². The van der Waals surface area contributed by atoms with Crippen molar-refractivity contribution in [2.45, 2.75) is 57.8 Å². The van der Waals surface area contributed by atoms with Gasteiger partial charge in [0.1, 0.15) is 0 Å². The summed E-state index contributed by atoms with van der Waals surface area (Å²) < 4.78 is 4.94. The van der Waals surface area contributed by atoms with E-state index in [-0.39, 0.29) is 12.3 Å². The summed E-state index contributed by atoms with van der Waals surface area (Å²) in [7, 11) is 1.65. The molecule has 1 amide bonds. The van der Waals surface area contributed by atoms with Crippen molar-refractivity contribution in [2.75, 3.05) is 20.3 Å². The Morgan fingerprint density at radius 2 is 1.80 bits per heavy atom. The minimum absolute atomic E-state index is 0.118. The van der Waals surface area contributed by atoms with Gasteiger partial charge in [-0.2, -0.15) is 0 Å². The Labute approximate surface area is 121 Å². The molecule has 0 aromatic carbocycles. The largest absolute Gasteiger partial charge is 0.481 e. The zero-order valence-electron chi connectivity index (χ0n) is 12.5. The Kier molecular flexibility index (Phi) is 7.59. The Bertz CT molecular complexity index is 309. The van der Waals surface area contributed by atoms with E-state index in [1.54, 1.807) is 7.11 Å². The van der Waals surface area contributed by atoms with E-state index in [2.05, 4.69) is 5.32 Å². The smallest absolute Gasteiger partial charge is 0.310 e. The van der Waals surface area contributed by atoms with E-state index in [1.807, 2.05) is 0 Å². The van der Waals surface area contributed by atoms with Crippen LogP contribution in [0.5, 0.6) is 0 Å². The van der Waals surface area contributed by atoms with Crippen LogP contribution in [0, 0.1) is 5.41 Å². The van der Waals surface area contributed by atoms with Crippen molar-refractivity contribution >= 4 is 11.9 Å². The lowest BCUT2D eigenvalue weighted by Gasteiger charge is -2.27. The minimum atomic E-state index is -0.840. The summed E-state index contributed by atoms with van der Waals surface area (Å²) in [4.78, 5) is 23.5. The number of ether oxygens (including phenoxy) is 1. The van der Waals surface area contributed by atoms with Gasteiger partial charge in [-0.25, -0.2) is 0 Å². The van der Waals surface area contributed by atoms with E-state index in [0.717, 1.165) is 38.5 Å². The van der Waals surface area contributed by atoms with Gasteiger partial charge in [0.15, 0.2) is 0 Å². The van der Waals surface area contributed by atoms with Crippen molar-refractivity contribution in [3.8, 4) is 0 Å². The molecular weight excluding hydrogens is 258 g/mol. The number of aliphatic carboxylic acids is 1. The molecule has 5 nitrogen and oxygen atoms in total. The standard InChI is InChI=1S/C15H27NO4/c1-20-11-7-6-10-16-13(17)12-15(14(18)19)8-4-2-3-5-9-15/h2-12H2,1H3,(H,16,17)(H,18,19). The zero-order valence-corrected chi connectivity index (χ0v) is 12.5. The zero-order chi connectivity index (χ0) is 14.8. The van der Waals surface area contributed by atoms with Crippen LogP contribution < -0.4 is 5.32 Å². The molecule has 0 unspecified atom stereocenters. The molecule has 5 heteroatoms. The highest BCUT2D eigenvalue weighted by molar-refractivity contribution is 5.85. The molecule has 0 bridgehead atoms. The van der Waals surface area contributed by atoms with Crippen LogP contribution in [0.15, 0.2) is 0 Å². The van der Waals surface area contributed by atoms with E-state index in [4.69, 9.17) is 4.74 Å². The van der Waals surface area contributed by atoms with Crippen molar-refractivity contribution in [2.24, 2.45) is 5.41 Å². The van der Waals surface area contributed by atoms with Crippen molar-refractivity contribution in [3.63, 3.8) is 0 Å². The molecule has 0 saturated heterocycles. The van der Waals surface area contributed by atoms with Crippen LogP contribution in [0.1, 0.15) is 57.8 Å². The van der Waals surface area contributed by atoms with Crippen molar-refractivity contribution in [1.82, 2.24) is 5.32 Å². The summed E-state index contributed by atoms with van der Waals surface area (Å²) >= 11 is 0. The maximum atomic E-state index is 12.0. The molecule has 116 valence electrons. The number of hydrogen-bond donors (Lipinski definition) is 2. The van der Waals surface area contributed by atoms with Gasteiger partial charge in [-0.05, 0) is 25.7 Å². The fourth-order valence-corrected chi connectivity index (χ4v) is 2.84. The van der Waals surface area contributed by atoms with Gasteiger partial charge in [0.2, 0.25) is 5.91 Å². The first-order valence-electron chi connectivity index (χ1n) is 7.60. The number of carbonyl (C=O) groups excluding carboxylic acids is 1. The molecule has 0 aliphatic heterocycles. The van der Waals surface area contributed by atoms with Crippen molar-refractivity contribution < 1.29 is 19.4 Å². The van der Waals surface area contributed by atoms with Crippen LogP contribution in [-0.4, -0.2) is 37.2 Å². The van der Waals surface area contributed by atoms with Gasteiger partial charge in [-0.1, -0.05) is 25.7 Å². The van der Waals surface area contributed by atoms with Crippen LogP contribution in [0.4, 0.5) is 0 Å². The van der Waals surface area contributed by atoms with Crippen LogP contribution in [0.2, 0.25) is 0 Å². The Morgan fingerprint density at radius 3 is 2.35 bits per heavy atom. The first kappa shape index (κ1) is 17.0. The number of carboxylic acid groups (broad SMARTS) is 1. The maximum absolute atomic E-state index is 12.0. The van der Waals surface area contributed by atoms with E-state index >= 15 is 0 Å². The van der Waals surface area contributed by atoms with Crippen LogP contribution >= 0.6 is 0 Å². The molecule has 1 fully saturated rings. The SMILES string of the molecule is COCCCCNC(=O)CC1(C(=O)O)CCCCCC1. The Hall–Kier alpha value is -1.10. The third-order valence-electron chi connectivity index (χ3n) is 4.11. The predicted octanol–water partition coefficient (Wildman–Crippen LogP) is 2.34. The predicted molar refractivity (Wildman–Crippen MR) is 76.5 cm³/mol. The summed E-state index contributed by atoms with van der Waals surface area (Å²) in [6.07, 6.45) is 7.11. The second-order valence-electron chi connectivity index (χ2n) is 5.73. The van der Waals surface area contributed by atoms with Gasteiger partial charge in [-0.3, -0.25) is 9.59 Å². The van der Waals surface area contributed by atoms with E-state index < -0.39 is 11.4 Å². The number of nitrogens with one attached hydrogen (secondary N) is 1. The minimum Gasteiger partial charge on any atom is -0.481 e. The molecule has 0 spiro atoms. The van der Waals surface area contributed by atoms with E-state index in [0.29, 0.717) is 26.0 Å². The van der Waals surface area contributed by atoms with Gasteiger partial charge < -0.3 is 15.2 Å². The molecule has 0 radical (unpaired) electrons. The van der Waals surface area contributed by atoms with Crippen molar-refractivity contribution in [1.29, 1.82) is 0 Å². The van der Waals surface area contributed by atoms with Gasteiger partial charge in [0.05, 0.1) is 5.41 Å². The molecule has 1 saturated carbocycles. The highest BCUT2D eigenvalue weighted by atomic mass is 16.5. The maximum Gasteiger partial charge on any atom is 0.310 e. The lowest BCUT2D eigenvalue weighted by atomic mass is 9.77. The number of amides is 1. The molecule has 1 aliphatic rings. The quantitative estimate of drug-likeness (QED) is 0.530. The van der Waals surface area contributed by atoms with Crippen LogP contribution in [0.25, 0.3) is 0 Å². The molecule has 1 aliphatic carbocycles. The normalized spacial score (nSPS) is 18.2. The average Bonchev–Trinajstić information content (AvgIpc) is 2.65. The Morgan fingerprint density at radius 1 is 1.15 bits per heavy atom. The number of carboxylic acids is 1. The van der Waals surface area contributed by atoms with Crippen LogP contribution in [-0.2, 0) is 14.3 Å². The summed E-state index contributed by atoms with van der Waals surface area (Å²) in [6, 6.07) is 0. The number of rotatable bonds is 8. The molecular formula is C15H27NO4. The van der Waals surface area contributed by atoms with E-state index in [9.17, 15) is 14.7 Å². The summed E-state index contributed by atoms with van der Waals surface area (Å²) in [5.41, 5.74) is -0.840. The number of carbonyl (C=O) groups is 2. The second kappa shape index (κ2) is 8.95. The molecule has 0 atom stereocenters. The third-order valence-corrected chi connectivity index (χ3v) is 4.11. The number of methoxy groups -OCH3 is 1. The second-order valence-corrected chi connectivity index (χ2v) is 5.73. The fraction of sp³-hybridized carbons (Fsp3) is 0.867. The molecule has 0 aromatic rings. The third kappa shape index (κ3) is 5.49. The average molecular weight is 285 g/mol. The summed E-state index contributed by atoms with van der Waals surface area (Å²) in [6.45, 7) is 1.28. The monoisotopic (exact) mass is 285 g/mol. The first-order chi connectivity index (χ1) is 9.60. The lowest BCUT2D eigenvalue weighted by Crippen LogP contribution is -2.37. The molecule has 1 rings (SSSR count). The molecule has 20 heavy (non-hydrogen) atoms. The highest BCUT2D eigenvalue weighted by Crippen LogP contribution is 2.38. The summed E-state index contributed by atoms with van der Waals surface area (Å²) in [5.74, 6) is -0.944. The van der Waals surface area contributed by atoms with E-state index in [1.165, 1.54) is 0 Å². The Balaban J connectivity index is 2.40. The lowest BCUT2D eigenvalue weighted by molar-refractivity contribution is -0.152. The van der Waals surface area contributed by atoms with Crippen LogP contribution in [0.3, 0.4) is 0 Å². The van der Waals surface area contributed by atoms with Gasteiger partial charge >= 0.3 is 5.97 Å². The highest BCUT2D eigenvalue weighted by Gasteiger charge is 2.40. The summed E-state index contributed by atoms with van der Waals surface area (Å²) in [5, 5.41) is 12.3. The van der Waals surface area contributed by atoms with Gasteiger partial charge in [0.25, 0.3) is 0 Å².